The van der Waals surface area contributed by atoms with Crippen LogP contribution in [0.25, 0.3) is 0 Å². The molecule has 0 spiro atoms. The van der Waals surface area contributed by atoms with Crippen molar-refractivity contribution < 1.29 is 9.31 Å². The van der Waals surface area contributed by atoms with Crippen molar-refractivity contribution in [3.63, 3.8) is 0 Å². The van der Waals surface area contributed by atoms with Crippen LogP contribution in [0.15, 0.2) is 12.1 Å². The summed E-state index contributed by atoms with van der Waals surface area (Å²) in [4.78, 5) is 10.2. The number of nitro groups is 1. The van der Waals surface area contributed by atoms with E-state index in [9.17, 15) is 14.5 Å². The van der Waals surface area contributed by atoms with Gasteiger partial charge in [-0.2, -0.15) is 11.8 Å². The molecule has 0 saturated carbocycles. The van der Waals surface area contributed by atoms with E-state index in [1.165, 1.54) is 6.07 Å². The molecule has 0 aliphatic carbocycles. The summed E-state index contributed by atoms with van der Waals surface area (Å²) in [6.07, 6.45) is 1.99. The maximum absolute atomic E-state index is 13.2. The standard InChI is InChI=1S/C11H14ClFN2O2S/c1-7(6-18-2)5-14-10-3-8(12)9(13)4-11(10)15(16)17/h3-4,7,14H,5-6H2,1-2H3. The van der Waals surface area contributed by atoms with Crippen LogP contribution in [0.5, 0.6) is 0 Å². The first kappa shape index (κ1) is 15.0. The number of nitro benzene ring substituents is 1. The summed E-state index contributed by atoms with van der Waals surface area (Å²) < 4.78 is 13.2. The molecule has 100 valence electrons. The Kier molecular flexibility index (Phi) is 5.68. The van der Waals surface area contributed by atoms with Gasteiger partial charge in [-0.3, -0.25) is 10.1 Å². The van der Waals surface area contributed by atoms with Crippen molar-refractivity contribution in [2.45, 2.75) is 6.92 Å². The predicted molar refractivity (Wildman–Crippen MR) is 74.1 cm³/mol. The second-order valence-electron chi connectivity index (χ2n) is 3.98. The molecule has 1 rings (SSSR count). The van der Waals surface area contributed by atoms with Gasteiger partial charge in [0.2, 0.25) is 0 Å². The molecule has 1 aromatic carbocycles. The van der Waals surface area contributed by atoms with E-state index in [0.717, 1.165) is 11.8 Å². The van der Waals surface area contributed by atoms with E-state index in [4.69, 9.17) is 11.6 Å². The number of hydrogen-bond acceptors (Lipinski definition) is 4. The molecule has 1 unspecified atom stereocenters. The number of nitrogens with one attached hydrogen (secondary N) is 1. The largest absolute Gasteiger partial charge is 0.379 e. The average molecular weight is 293 g/mol. The van der Waals surface area contributed by atoms with Crippen molar-refractivity contribution >= 4 is 34.7 Å². The Morgan fingerprint density at radius 3 is 2.83 bits per heavy atom. The van der Waals surface area contributed by atoms with Gasteiger partial charge in [0.25, 0.3) is 5.69 Å². The highest BCUT2D eigenvalue weighted by atomic mass is 35.5. The molecule has 1 atom stereocenters. The highest BCUT2D eigenvalue weighted by Gasteiger charge is 2.18. The minimum atomic E-state index is -0.786. The van der Waals surface area contributed by atoms with Crippen molar-refractivity contribution in [2.24, 2.45) is 5.92 Å². The van der Waals surface area contributed by atoms with E-state index < -0.39 is 10.7 Å². The first-order chi connectivity index (χ1) is 8.45. The van der Waals surface area contributed by atoms with Gasteiger partial charge in [0.05, 0.1) is 16.0 Å². The zero-order valence-electron chi connectivity index (χ0n) is 10.1. The van der Waals surface area contributed by atoms with Gasteiger partial charge in [-0.05, 0) is 24.0 Å². The molecule has 0 aromatic heterocycles. The number of hydrogen-bond donors (Lipinski definition) is 1. The Bertz CT molecular complexity index is 445. The third kappa shape index (κ3) is 4.03. The highest BCUT2D eigenvalue weighted by molar-refractivity contribution is 7.98. The zero-order valence-corrected chi connectivity index (χ0v) is 11.6. The second-order valence-corrected chi connectivity index (χ2v) is 5.30. The molecule has 0 heterocycles. The van der Waals surface area contributed by atoms with Crippen LogP contribution in [-0.2, 0) is 0 Å². The van der Waals surface area contributed by atoms with Gasteiger partial charge in [-0.1, -0.05) is 18.5 Å². The van der Waals surface area contributed by atoms with Crippen molar-refractivity contribution in [1.29, 1.82) is 0 Å². The van der Waals surface area contributed by atoms with Gasteiger partial charge >= 0.3 is 0 Å². The topological polar surface area (TPSA) is 55.2 Å². The van der Waals surface area contributed by atoms with Gasteiger partial charge in [-0.25, -0.2) is 4.39 Å². The maximum Gasteiger partial charge on any atom is 0.295 e. The van der Waals surface area contributed by atoms with Crippen LogP contribution in [0.3, 0.4) is 0 Å². The molecule has 0 amide bonds. The van der Waals surface area contributed by atoms with Gasteiger partial charge < -0.3 is 5.32 Å². The molecule has 18 heavy (non-hydrogen) atoms. The summed E-state index contributed by atoms with van der Waals surface area (Å²) in [6, 6.07) is 2.09. The van der Waals surface area contributed by atoms with Crippen LogP contribution < -0.4 is 5.32 Å². The number of anilines is 1. The van der Waals surface area contributed by atoms with Crippen LogP contribution in [0.1, 0.15) is 6.92 Å². The van der Waals surface area contributed by atoms with Crippen molar-refractivity contribution in [1.82, 2.24) is 0 Å². The number of thioether (sulfide) groups is 1. The van der Waals surface area contributed by atoms with Gasteiger partial charge in [-0.15, -0.1) is 0 Å². The Hall–Kier alpha value is -1.01. The highest BCUT2D eigenvalue weighted by Crippen LogP contribution is 2.30. The van der Waals surface area contributed by atoms with Gasteiger partial charge in [0.15, 0.2) is 0 Å². The molecule has 7 heteroatoms. The van der Waals surface area contributed by atoms with Crippen molar-refractivity contribution in [2.75, 3.05) is 23.9 Å². The molecule has 0 aliphatic heterocycles. The van der Waals surface area contributed by atoms with Crippen molar-refractivity contribution in [3.05, 3.63) is 33.1 Å². The van der Waals surface area contributed by atoms with Crippen LogP contribution in [0, 0.1) is 21.8 Å². The minimum Gasteiger partial charge on any atom is -0.379 e. The molecular formula is C11H14ClFN2O2S. The van der Waals surface area contributed by atoms with E-state index in [-0.39, 0.29) is 16.4 Å². The fraction of sp³-hybridized carbons (Fsp3) is 0.455. The lowest BCUT2D eigenvalue weighted by molar-refractivity contribution is -0.384. The smallest absolute Gasteiger partial charge is 0.295 e. The molecule has 0 aliphatic rings. The van der Waals surface area contributed by atoms with Gasteiger partial charge in [0, 0.05) is 6.54 Å². The predicted octanol–water partition coefficient (Wildman–Crippen LogP) is 3.80. The summed E-state index contributed by atoms with van der Waals surface area (Å²) in [5.74, 6) is 0.505. The average Bonchev–Trinajstić information content (AvgIpc) is 2.30. The van der Waals surface area contributed by atoms with Crippen molar-refractivity contribution in [3.8, 4) is 0 Å². The fourth-order valence-corrected chi connectivity index (χ4v) is 2.31. The number of nitrogens with zero attached hydrogens (tertiary/aromatic N) is 1. The maximum atomic E-state index is 13.2. The lowest BCUT2D eigenvalue weighted by Crippen LogP contribution is -2.14. The molecule has 0 saturated heterocycles. The van der Waals surface area contributed by atoms with Gasteiger partial charge in [0.1, 0.15) is 11.5 Å². The Balaban J connectivity index is 2.86. The minimum absolute atomic E-state index is 0.124. The summed E-state index contributed by atoms with van der Waals surface area (Å²) in [5.41, 5.74) is -0.0485. The second kappa shape index (κ2) is 6.80. The normalized spacial score (nSPS) is 12.2. The Morgan fingerprint density at radius 2 is 2.28 bits per heavy atom. The Morgan fingerprint density at radius 1 is 1.61 bits per heavy atom. The van der Waals surface area contributed by atoms with E-state index in [1.54, 1.807) is 11.8 Å². The third-order valence-electron chi connectivity index (χ3n) is 2.33. The number of halogens is 2. The molecule has 1 aromatic rings. The lowest BCUT2D eigenvalue weighted by atomic mass is 10.2. The number of rotatable bonds is 6. The van der Waals surface area contributed by atoms with Crippen LogP contribution in [0.2, 0.25) is 5.02 Å². The molecule has 0 fully saturated rings. The fourth-order valence-electron chi connectivity index (χ4n) is 1.46. The molecule has 1 N–H and O–H groups in total. The molecule has 4 nitrogen and oxygen atoms in total. The molecular weight excluding hydrogens is 279 g/mol. The van der Waals surface area contributed by atoms with Crippen LogP contribution >= 0.6 is 23.4 Å². The zero-order chi connectivity index (χ0) is 13.7. The third-order valence-corrected chi connectivity index (χ3v) is 3.52. The monoisotopic (exact) mass is 292 g/mol. The summed E-state index contributed by atoms with van der Waals surface area (Å²) >= 11 is 7.33. The Labute approximate surface area is 114 Å². The number of benzene rings is 1. The molecule has 0 radical (unpaired) electrons. The summed E-state index contributed by atoms with van der Waals surface area (Å²) in [5, 5.41) is 13.6. The first-order valence-electron chi connectivity index (χ1n) is 5.32. The SMILES string of the molecule is CSCC(C)CNc1cc(Cl)c(F)cc1[N+](=O)[O-]. The summed E-state index contributed by atoms with van der Waals surface area (Å²) in [6.45, 7) is 2.60. The van der Waals surface area contributed by atoms with E-state index in [2.05, 4.69) is 5.32 Å². The van der Waals surface area contributed by atoms with E-state index in [1.807, 2.05) is 13.2 Å². The van der Waals surface area contributed by atoms with Crippen LogP contribution in [-0.4, -0.2) is 23.5 Å². The quantitative estimate of drug-likeness (QED) is 0.640. The van der Waals surface area contributed by atoms with E-state index >= 15 is 0 Å². The first-order valence-corrected chi connectivity index (χ1v) is 7.09. The lowest BCUT2D eigenvalue weighted by Gasteiger charge is -2.12. The van der Waals surface area contributed by atoms with Crippen LogP contribution in [0.4, 0.5) is 15.8 Å². The molecule has 0 bridgehead atoms. The van der Waals surface area contributed by atoms with E-state index in [0.29, 0.717) is 12.5 Å². The summed E-state index contributed by atoms with van der Waals surface area (Å²) in [7, 11) is 0.